The minimum Gasteiger partial charge on any atom is -0.344 e. The second kappa shape index (κ2) is 7.76. The molecule has 26 heavy (non-hydrogen) atoms. The first-order valence-electron chi connectivity index (χ1n) is 8.74. The van der Waals surface area contributed by atoms with Gasteiger partial charge in [-0.15, -0.1) is 0 Å². The van der Waals surface area contributed by atoms with Crippen LogP contribution in [0.3, 0.4) is 0 Å². The standard InChI is InChI=1S/C20H24N4O2/c1-12-6-7-13(2)16(9-12)19(15-5-4-8-21-11-15)22-20(26)18-10-17(14(3)25)23-24-18/h4-9,11,17-19,23-24H,10H2,1-3H3,(H,22,26). The van der Waals surface area contributed by atoms with Gasteiger partial charge in [-0.2, -0.15) is 0 Å². The van der Waals surface area contributed by atoms with Gasteiger partial charge in [-0.3, -0.25) is 14.6 Å². The third-order valence-corrected chi connectivity index (χ3v) is 4.76. The number of hydrogen-bond acceptors (Lipinski definition) is 5. The van der Waals surface area contributed by atoms with E-state index in [1.165, 1.54) is 6.92 Å². The van der Waals surface area contributed by atoms with Crippen LogP contribution < -0.4 is 16.2 Å². The molecule has 0 aliphatic carbocycles. The van der Waals surface area contributed by atoms with Crippen molar-refractivity contribution in [1.29, 1.82) is 0 Å². The Bertz CT molecular complexity index is 807. The molecule has 1 aliphatic rings. The maximum absolute atomic E-state index is 12.8. The Balaban J connectivity index is 1.86. The molecule has 3 rings (SSSR count). The summed E-state index contributed by atoms with van der Waals surface area (Å²) < 4.78 is 0. The number of aromatic nitrogens is 1. The van der Waals surface area contributed by atoms with Gasteiger partial charge in [0, 0.05) is 12.4 Å². The van der Waals surface area contributed by atoms with E-state index < -0.39 is 6.04 Å². The van der Waals surface area contributed by atoms with Crippen LogP contribution in [0.1, 0.15) is 41.6 Å². The maximum atomic E-state index is 12.8. The van der Waals surface area contributed by atoms with E-state index in [1.807, 2.05) is 26.0 Å². The summed E-state index contributed by atoms with van der Waals surface area (Å²) >= 11 is 0. The van der Waals surface area contributed by atoms with Crippen LogP contribution in [0.15, 0.2) is 42.7 Å². The quantitative estimate of drug-likeness (QED) is 0.763. The molecule has 2 heterocycles. The summed E-state index contributed by atoms with van der Waals surface area (Å²) in [6, 6.07) is 8.94. The molecule has 0 spiro atoms. The fourth-order valence-electron chi connectivity index (χ4n) is 3.20. The predicted molar refractivity (Wildman–Crippen MR) is 99.3 cm³/mol. The second-order valence-electron chi connectivity index (χ2n) is 6.83. The van der Waals surface area contributed by atoms with Gasteiger partial charge in [0.15, 0.2) is 0 Å². The van der Waals surface area contributed by atoms with E-state index in [2.05, 4.69) is 39.4 Å². The molecule has 1 aliphatic heterocycles. The summed E-state index contributed by atoms with van der Waals surface area (Å²) in [5.41, 5.74) is 10.0. The summed E-state index contributed by atoms with van der Waals surface area (Å²) in [6.07, 6.45) is 3.92. The van der Waals surface area contributed by atoms with Gasteiger partial charge in [0.1, 0.15) is 11.8 Å². The Hall–Kier alpha value is -2.57. The highest BCUT2D eigenvalue weighted by Crippen LogP contribution is 2.26. The van der Waals surface area contributed by atoms with Crippen LogP contribution in [0.4, 0.5) is 0 Å². The van der Waals surface area contributed by atoms with Gasteiger partial charge in [-0.25, -0.2) is 10.9 Å². The lowest BCUT2D eigenvalue weighted by Crippen LogP contribution is -2.45. The summed E-state index contributed by atoms with van der Waals surface area (Å²) in [4.78, 5) is 28.5. The molecule has 1 fully saturated rings. The molecule has 1 aromatic heterocycles. The largest absolute Gasteiger partial charge is 0.344 e. The van der Waals surface area contributed by atoms with Gasteiger partial charge in [0.05, 0.1) is 12.1 Å². The van der Waals surface area contributed by atoms with Crippen molar-refractivity contribution < 1.29 is 9.59 Å². The molecular formula is C20H24N4O2. The Morgan fingerprint density at radius 3 is 2.62 bits per heavy atom. The Morgan fingerprint density at radius 1 is 1.19 bits per heavy atom. The van der Waals surface area contributed by atoms with Gasteiger partial charge in [0.2, 0.25) is 5.91 Å². The second-order valence-corrected chi connectivity index (χ2v) is 6.83. The number of hydrazine groups is 1. The topological polar surface area (TPSA) is 83.1 Å². The van der Waals surface area contributed by atoms with Gasteiger partial charge >= 0.3 is 0 Å². The molecule has 3 atom stereocenters. The van der Waals surface area contributed by atoms with Crippen molar-refractivity contribution in [1.82, 2.24) is 21.2 Å². The van der Waals surface area contributed by atoms with Crippen molar-refractivity contribution >= 4 is 11.7 Å². The fraction of sp³-hybridized carbons (Fsp3) is 0.350. The molecule has 6 nitrogen and oxygen atoms in total. The first kappa shape index (κ1) is 18.2. The number of Topliss-reactive ketones (excluding diaryl/α,β-unsaturated/α-hetero) is 1. The molecule has 0 saturated carbocycles. The van der Waals surface area contributed by atoms with E-state index in [0.717, 1.165) is 22.3 Å². The number of carbonyl (C=O) groups excluding carboxylic acids is 2. The van der Waals surface area contributed by atoms with Crippen LogP contribution in [0.5, 0.6) is 0 Å². The zero-order chi connectivity index (χ0) is 18.7. The average molecular weight is 352 g/mol. The number of amides is 1. The highest BCUT2D eigenvalue weighted by Gasteiger charge is 2.33. The summed E-state index contributed by atoms with van der Waals surface area (Å²) in [6.45, 7) is 5.59. The zero-order valence-corrected chi connectivity index (χ0v) is 15.2. The third kappa shape index (κ3) is 3.98. The highest BCUT2D eigenvalue weighted by molar-refractivity contribution is 5.87. The minimum absolute atomic E-state index is 0.0196. The van der Waals surface area contributed by atoms with E-state index in [-0.39, 0.29) is 23.8 Å². The Morgan fingerprint density at radius 2 is 1.96 bits per heavy atom. The summed E-state index contributed by atoms with van der Waals surface area (Å²) in [5.74, 6) is -0.123. The number of aryl methyl sites for hydroxylation is 2. The van der Waals surface area contributed by atoms with E-state index in [1.54, 1.807) is 12.4 Å². The number of carbonyl (C=O) groups is 2. The number of pyridine rings is 1. The maximum Gasteiger partial charge on any atom is 0.239 e. The van der Waals surface area contributed by atoms with Crippen molar-refractivity contribution in [3.05, 3.63) is 65.0 Å². The van der Waals surface area contributed by atoms with Gasteiger partial charge in [-0.05, 0) is 49.9 Å². The lowest BCUT2D eigenvalue weighted by molar-refractivity contribution is -0.123. The average Bonchev–Trinajstić information content (AvgIpc) is 3.13. The van der Waals surface area contributed by atoms with E-state index in [9.17, 15) is 9.59 Å². The first-order chi connectivity index (χ1) is 12.5. The molecule has 6 heteroatoms. The Kier molecular flexibility index (Phi) is 5.44. The number of hydrogen-bond donors (Lipinski definition) is 3. The van der Waals surface area contributed by atoms with Gasteiger partial charge < -0.3 is 5.32 Å². The third-order valence-electron chi connectivity index (χ3n) is 4.76. The molecule has 3 N–H and O–H groups in total. The SMILES string of the molecule is CC(=O)C1CC(C(=O)NC(c2cccnc2)c2cc(C)ccc2C)NN1. The van der Waals surface area contributed by atoms with Crippen molar-refractivity contribution in [3.63, 3.8) is 0 Å². The molecular weight excluding hydrogens is 328 g/mol. The van der Waals surface area contributed by atoms with Crippen LogP contribution in [-0.4, -0.2) is 28.8 Å². The van der Waals surface area contributed by atoms with Gasteiger partial charge in [0.25, 0.3) is 0 Å². The molecule has 3 unspecified atom stereocenters. The smallest absolute Gasteiger partial charge is 0.239 e. The van der Waals surface area contributed by atoms with Crippen molar-refractivity contribution in [2.75, 3.05) is 0 Å². The van der Waals surface area contributed by atoms with Crippen LogP contribution in [0.25, 0.3) is 0 Å². The molecule has 2 aromatic rings. The van der Waals surface area contributed by atoms with E-state index in [0.29, 0.717) is 6.42 Å². The van der Waals surface area contributed by atoms with E-state index >= 15 is 0 Å². The lowest BCUT2D eigenvalue weighted by atomic mass is 9.94. The fourth-order valence-corrected chi connectivity index (χ4v) is 3.20. The first-order valence-corrected chi connectivity index (χ1v) is 8.74. The highest BCUT2D eigenvalue weighted by atomic mass is 16.2. The number of benzene rings is 1. The van der Waals surface area contributed by atoms with Crippen molar-refractivity contribution in [2.45, 2.75) is 45.3 Å². The number of nitrogens with one attached hydrogen (secondary N) is 3. The molecule has 136 valence electrons. The van der Waals surface area contributed by atoms with Crippen molar-refractivity contribution in [2.24, 2.45) is 0 Å². The van der Waals surface area contributed by atoms with E-state index in [4.69, 9.17) is 0 Å². The molecule has 1 aromatic carbocycles. The van der Waals surface area contributed by atoms with Crippen LogP contribution >= 0.6 is 0 Å². The molecule has 1 saturated heterocycles. The monoisotopic (exact) mass is 352 g/mol. The number of nitrogens with zero attached hydrogens (tertiary/aromatic N) is 1. The van der Waals surface area contributed by atoms with Gasteiger partial charge in [-0.1, -0.05) is 29.8 Å². The van der Waals surface area contributed by atoms with Crippen LogP contribution in [-0.2, 0) is 9.59 Å². The van der Waals surface area contributed by atoms with Crippen LogP contribution in [0.2, 0.25) is 0 Å². The Labute approximate surface area is 153 Å². The molecule has 0 radical (unpaired) electrons. The summed E-state index contributed by atoms with van der Waals surface area (Å²) in [5, 5.41) is 3.13. The number of rotatable bonds is 5. The molecule has 1 amide bonds. The molecule has 0 bridgehead atoms. The number of ketones is 1. The lowest BCUT2D eigenvalue weighted by Gasteiger charge is -2.23. The predicted octanol–water partition coefficient (Wildman–Crippen LogP) is 1.73. The summed E-state index contributed by atoms with van der Waals surface area (Å²) in [7, 11) is 0. The van der Waals surface area contributed by atoms with Crippen molar-refractivity contribution in [3.8, 4) is 0 Å². The minimum atomic E-state index is -0.451. The zero-order valence-electron chi connectivity index (χ0n) is 15.2. The normalized spacial score (nSPS) is 20.6. The van der Waals surface area contributed by atoms with Crippen LogP contribution in [0, 0.1) is 13.8 Å².